The number of alkyl halides is 3. The zero-order chi connectivity index (χ0) is 17.6. The zero-order valence-corrected chi connectivity index (χ0v) is 17.5. The summed E-state index contributed by atoms with van der Waals surface area (Å²) in [6.45, 7) is 9.02. The summed E-state index contributed by atoms with van der Waals surface area (Å²) < 4.78 is 37.7. The summed E-state index contributed by atoms with van der Waals surface area (Å²) in [7, 11) is 0. The molecular weight excluding hydrogens is 466 g/mol. The van der Waals surface area contributed by atoms with Crippen molar-refractivity contribution < 1.29 is 13.2 Å². The lowest BCUT2D eigenvalue weighted by atomic mass is 10.1. The van der Waals surface area contributed by atoms with E-state index in [1.807, 2.05) is 6.92 Å². The quantitative estimate of drug-likeness (QED) is 0.365. The summed E-state index contributed by atoms with van der Waals surface area (Å²) in [5.74, 6) is 1.20. The molecule has 1 aliphatic heterocycles. The molecule has 0 aromatic carbocycles. The highest BCUT2D eigenvalue weighted by molar-refractivity contribution is 14.0. The van der Waals surface area contributed by atoms with Crippen molar-refractivity contribution in [1.29, 1.82) is 0 Å². The van der Waals surface area contributed by atoms with Gasteiger partial charge in [0.1, 0.15) is 5.01 Å². The van der Waals surface area contributed by atoms with Crippen LogP contribution in [-0.4, -0.2) is 48.6 Å². The third-order valence-corrected chi connectivity index (χ3v) is 4.77. The number of likely N-dealkylation sites (tertiary alicyclic amines) is 1. The van der Waals surface area contributed by atoms with Crippen LogP contribution in [0.25, 0.3) is 0 Å². The fraction of sp³-hybridized carbons (Fsp3) is 0.733. The molecule has 0 saturated carbocycles. The second-order valence-corrected chi connectivity index (χ2v) is 6.69. The predicted octanol–water partition coefficient (Wildman–Crippen LogP) is 3.18. The van der Waals surface area contributed by atoms with E-state index in [2.05, 4.69) is 32.4 Å². The van der Waals surface area contributed by atoms with Gasteiger partial charge in [0.15, 0.2) is 11.7 Å². The van der Waals surface area contributed by atoms with Crippen molar-refractivity contribution in [3.8, 4) is 0 Å². The molecule has 1 unspecified atom stereocenters. The van der Waals surface area contributed by atoms with E-state index < -0.39 is 11.9 Å². The van der Waals surface area contributed by atoms with Crippen LogP contribution in [0.1, 0.15) is 31.0 Å². The van der Waals surface area contributed by atoms with Crippen molar-refractivity contribution in [3.63, 3.8) is 0 Å². The second-order valence-electron chi connectivity index (χ2n) is 5.75. The average molecular weight is 491 g/mol. The largest absolute Gasteiger partial charge is 0.434 e. The summed E-state index contributed by atoms with van der Waals surface area (Å²) in [6, 6.07) is 0. The number of halogens is 4. The number of aromatic nitrogens is 1. The summed E-state index contributed by atoms with van der Waals surface area (Å²) in [5.41, 5.74) is -0.846. The maximum Gasteiger partial charge on any atom is 0.434 e. The lowest BCUT2D eigenvalue weighted by Crippen LogP contribution is -2.40. The van der Waals surface area contributed by atoms with E-state index in [9.17, 15) is 13.2 Å². The Bertz CT molecular complexity index is 550. The Balaban J connectivity index is 0.00000312. The van der Waals surface area contributed by atoms with Gasteiger partial charge in [-0.05, 0) is 32.4 Å². The Morgan fingerprint density at radius 1 is 1.40 bits per heavy atom. The molecule has 1 aliphatic rings. The topological polar surface area (TPSA) is 52.6 Å². The first-order valence-corrected chi connectivity index (χ1v) is 9.06. The molecule has 1 saturated heterocycles. The summed E-state index contributed by atoms with van der Waals surface area (Å²) in [4.78, 5) is 10.3. The van der Waals surface area contributed by atoms with Gasteiger partial charge in [-0.2, -0.15) is 13.2 Å². The van der Waals surface area contributed by atoms with Crippen molar-refractivity contribution in [1.82, 2.24) is 20.5 Å². The molecule has 0 amide bonds. The highest BCUT2D eigenvalue weighted by Crippen LogP contribution is 2.30. The number of thiazole rings is 1. The molecule has 2 heterocycles. The third kappa shape index (κ3) is 7.26. The molecule has 10 heteroatoms. The van der Waals surface area contributed by atoms with Crippen LogP contribution < -0.4 is 10.6 Å². The van der Waals surface area contributed by atoms with Gasteiger partial charge in [-0.15, -0.1) is 35.3 Å². The maximum absolute atomic E-state index is 12.6. The molecular formula is C15H25F3IN5S. The van der Waals surface area contributed by atoms with E-state index in [4.69, 9.17) is 0 Å². The molecule has 2 N–H and O–H groups in total. The molecule has 0 bridgehead atoms. The molecule has 144 valence electrons. The first-order chi connectivity index (χ1) is 11.4. The van der Waals surface area contributed by atoms with Gasteiger partial charge in [0, 0.05) is 25.0 Å². The Morgan fingerprint density at radius 2 is 2.16 bits per heavy atom. The number of hydrogen-bond donors (Lipinski definition) is 2. The highest BCUT2D eigenvalue weighted by atomic mass is 127. The van der Waals surface area contributed by atoms with Crippen molar-refractivity contribution >= 4 is 41.3 Å². The molecule has 2 rings (SSSR count). The molecule has 0 radical (unpaired) electrons. The standard InChI is InChI=1S/C15H24F3N5S.HI/c1-3-19-14(20-7-11-5-6-23(4-2)9-11)21-8-13-22-12(10-24-13)15(16,17)18;/h10-11H,3-9H2,1-2H3,(H2,19,20,21);1H. The van der Waals surface area contributed by atoms with Gasteiger partial charge < -0.3 is 15.5 Å². The van der Waals surface area contributed by atoms with Gasteiger partial charge in [-0.1, -0.05) is 6.92 Å². The number of guanidine groups is 1. The SMILES string of the molecule is CCNC(=NCc1nc(C(F)(F)F)cs1)NCC1CCN(CC)C1.I. The third-order valence-electron chi connectivity index (χ3n) is 3.93. The van der Waals surface area contributed by atoms with Crippen molar-refractivity contribution in [2.75, 3.05) is 32.7 Å². The van der Waals surface area contributed by atoms with Crippen LogP contribution in [0.3, 0.4) is 0 Å². The Morgan fingerprint density at radius 3 is 2.72 bits per heavy atom. The lowest BCUT2D eigenvalue weighted by Gasteiger charge is -2.16. The predicted molar refractivity (Wildman–Crippen MR) is 106 cm³/mol. The molecule has 0 spiro atoms. The second kappa shape index (κ2) is 10.5. The van der Waals surface area contributed by atoms with Crippen molar-refractivity contribution in [3.05, 3.63) is 16.1 Å². The van der Waals surface area contributed by atoms with Gasteiger partial charge in [0.2, 0.25) is 0 Å². The summed E-state index contributed by atoms with van der Waals surface area (Å²) >= 11 is 0.983. The van der Waals surface area contributed by atoms with Crippen molar-refractivity contribution in [2.45, 2.75) is 33.0 Å². The molecule has 1 aromatic rings. The zero-order valence-electron chi connectivity index (χ0n) is 14.4. The minimum Gasteiger partial charge on any atom is -0.357 e. The van der Waals surface area contributed by atoms with Crippen LogP contribution in [0.15, 0.2) is 10.4 Å². The van der Waals surface area contributed by atoms with Crippen molar-refractivity contribution in [2.24, 2.45) is 10.9 Å². The maximum atomic E-state index is 12.6. The lowest BCUT2D eigenvalue weighted by molar-refractivity contribution is -0.140. The van der Waals surface area contributed by atoms with E-state index in [-0.39, 0.29) is 30.5 Å². The monoisotopic (exact) mass is 491 g/mol. The number of nitrogens with one attached hydrogen (secondary N) is 2. The molecule has 5 nitrogen and oxygen atoms in total. The van der Waals surface area contributed by atoms with E-state index in [0.717, 1.165) is 49.3 Å². The molecule has 1 atom stereocenters. The summed E-state index contributed by atoms with van der Waals surface area (Å²) in [5, 5.41) is 7.79. The van der Waals surface area contributed by atoms with E-state index in [1.54, 1.807) is 0 Å². The summed E-state index contributed by atoms with van der Waals surface area (Å²) in [6.07, 6.45) is -3.24. The first-order valence-electron chi connectivity index (χ1n) is 8.18. The van der Waals surface area contributed by atoms with Gasteiger partial charge in [0.05, 0.1) is 6.54 Å². The van der Waals surface area contributed by atoms with Crippen LogP contribution in [0.5, 0.6) is 0 Å². The number of rotatable bonds is 6. The minimum absolute atomic E-state index is 0. The van der Waals surface area contributed by atoms with E-state index >= 15 is 0 Å². The molecule has 1 aromatic heterocycles. The highest BCUT2D eigenvalue weighted by Gasteiger charge is 2.33. The average Bonchev–Trinajstić information content (AvgIpc) is 3.18. The first kappa shape index (κ1) is 22.4. The van der Waals surface area contributed by atoms with Crippen LogP contribution in [0.4, 0.5) is 13.2 Å². The fourth-order valence-electron chi connectivity index (χ4n) is 2.61. The minimum atomic E-state index is -4.39. The van der Waals surface area contributed by atoms with Gasteiger partial charge in [-0.25, -0.2) is 9.98 Å². The molecule has 25 heavy (non-hydrogen) atoms. The van der Waals surface area contributed by atoms with Crippen LogP contribution in [0, 0.1) is 5.92 Å². The Labute approximate surface area is 167 Å². The number of aliphatic imine (C=N–C) groups is 1. The smallest absolute Gasteiger partial charge is 0.357 e. The van der Waals surface area contributed by atoms with Gasteiger partial charge >= 0.3 is 6.18 Å². The number of hydrogen-bond acceptors (Lipinski definition) is 4. The Hall–Kier alpha value is -0.620. The van der Waals surface area contributed by atoms with Gasteiger partial charge in [-0.3, -0.25) is 0 Å². The molecule has 1 fully saturated rings. The Kier molecular flexibility index (Phi) is 9.43. The fourth-order valence-corrected chi connectivity index (χ4v) is 3.33. The molecule has 0 aliphatic carbocycles. The van der Waals surface area contributed by atoms with Crippen LogP contribution in [-0.2, 0) is 12.7 Å². The van der Waals surface area contributed by atoms with Crippen LogP contribution >= 0.6 is 35.3 Å². The van der Waals surface area contributed by atoms with E-state index in [0.29, 0.717) is 23.4 Å². The van der Waals surface area contributed by atoms with Crippen LogP contribution in [0.2, 0.25) is 0 Å². The normalized spacial score (nSPS) is 18.9. The number of nitrogens with zero attached hydrogens (tertiary/aromatic N) is 3. The van der Waals surface area contributed by atoms with Gasteiger partial charge in [0.25, 0.3) is 0 Å². The van der Waals surface area contributed by atoms with E-state index in [1.165, 1.54) is 0 Å².